The van der Waals surface area contributed by atoms with Gasteiger partial charge in [0.15, 0.2) is 41.3 Å². The number of imidazole rings is 1. The molecule has 7 rings (SSSR count). The van der Waals surface area contributed by atoms with E-state index in [1.165, 1.54) is 0 Å². The van der Waals surface area contributed by atoms with Gasteiger partial charge in [0.25, 0.3) is 11.1 Å². The molecule has 3 fully saturated rings. The number of halogens is 2. The number of fused-ring (bicyclic) bond motifs is 5. The van der Waals surface area contributed by atoms with E-state index in [0.717, 1.165) is 28.0 Å². The third kappa shape index (κ3) is 10.8. The van der Waals surface area contributed by atoms with Crippen LogP contribution in [0.15, 0.2) is 28.4 Å². The summed E-state index contributed by atoms with van der Waals surface area (Å²) in [4.78, 5) is 79.4. The number of amides is 1. The maximum atomic E-state index is 17.0. The van der Waals surface area contributed by atoms with Crippen LogP contribution in [0.25, 0.3) is 22.2 Å². The molecule has 4 aromatic rings. The number of rotatable bonds is 15. The van der Waals surface area contributed by atoms with Crippen molar-refractivity contribution < 1.29 is 73.0 Å². The zero-order valence-electron chi connectivity index (χ0n) is 40.5. The van der Waals surface area contributed by atoms with E-state index in [2.05, 4.69) is 30.2 Å². The maximum Gasteiger partial charge on any atom is 0.475 e. The Kier molecular flexibility index (Phi) is 16.3. The van der Waals surface area contributed by atoms with Gasteiger partial charge in [-0.05, 0) is 22.2 Å². The molecule has 0 radical (unpaired) electrons. The molecule has 0 spiro atoms. The van der Waals surface area contributed by atoms with Crippen molar-refractivity contribution >= 4 is 66.8 Å². The van der Waals surface area contributed by atoms with Crippen LogP contribution >= 0.6 is 15.6 Å². The summed E-state index contributed by atoms with van der Waals surface area (Å²) in [6.07, 6.45) is -12.2. The molecule has 2 bridgehead atoms. The number of H-pyrrole nitrogens is 2. The Hall–Kier alpha value is -3.96. The topological polar surface area (TPSA) is 325 Å². The molecule has 5 N–H and O–H groups in total. The molecule has 25 nitrogen and oxygen atoms in total. The van der Waals surface area contributed by atoms with Crippen LogP contribution in [0.2, 0.25) is 22.2 Å². The van der Waals surface area contributed by atoms with Crippen LogP contribution in [-0.4, -0.2) is 123 Å². The molecule has 1 amide bonds. The zero-order valence-corrected chi connectivity index (χ0v) is 44.3. The lowest BCUT2D eigenvalue weighted by Gasteiger charge is -2.47. The van der Waals surface area contributed by atoms with Gasteiger partial charge >= 0.3 is 32.8 Å². The number of nitrogens with zero attached hydrogens (tertiary/aromatic N) is 6. The molecule has 7 heterocycles. The molecule has 0 saturated carbocycles. The molecule has 0 aliphatic carbocycles. The van der Waals surface area contributed by atoms with Gasteiger partial charge in [-0.1, -0.05) is 69.2 Å². The van der Waals surface area contributed by atoms with Gasteiger partial charge < -0.3 is 37.3 Å². The standard InChI is InChI=1S/C40H59F2N9O16P2Si2/c1-19(2)35(52)48-40-47-34-29(37(54)49-40)46-18-51(34)38-28(42)30-25(62-38)16-61-69(57,59-13-11-12-43)65-32-31(66-71(22(7)8,23(9)10)67-70(58,20(3)4)21(5)6)26(15-60-68(55,56)64-30)63-39(32)50-14-24(41)27-33(50)44-17-45-36(27)53/h14,17-23,25-26,28,30-32,38-39,58H,11,13,15-16H2,1-10H3,(H,55,56)(H,44,45,53)(H2,47,48,49,52,54)/t25-,26-,28-,30-,31-,32-,38-,39-,69?/m1/s1. The Balaban J connectivity index is 1.35. The third-order valence-corrected chi connectivity index (χ3v) is 24.7. The number of anilines is 1. The summed E-state index contributed by atoms with van der Waals surface area (Å²) >= 11 is 0. The van der Waals surface area contributed by atoms with Crippen LogP contribution in [0.1, 0.15) is 88.1 Å². The van der Waals surface area contributed by atoms with Crippen molar-refractivity contribution in [3.63, 3.8) is 0 Å². The summed E-state index contributed by atoms with van der Waals surface area (Å²) in [6.45, 7) is 15.3. The van der Waals surface area contributed by atoms with Crippen molar-refractivity contribution in [3.05, 3.63) is 45.4 Å². The Morgan fingerprint density at radius 1 is 0.944 bits per heavy atom. The molecule has 3 aliphatic rings. The van der Waals surface area contributed by atoms with Crippen molar-refractivity contribution in [2.24, 2.45) is 5.92 Å². The number of nitriles is 1. The van der Waals surface area contributed by atoms with Crippen LogP contribution in [-0.2, 0) is 54.6 Å². The molecule has 3 aliphatic heterocycles. The second kappa shape index (κ2) is 21.1. The number of hydrogen-bond acceptors (Lipinski definition) is 19. The SMILES string of the molecule is CC(C)C(=O)Nc1nc2c(ncn2[C@@H]2O[C@@H]3COP(=O)(OCCC#N)O[C@@H]4[C@H](O[Si](O[Si](O)(C(C)C)C(C)C)(C(C)C)C(C)C)[C@@H](COP(=O)(O)O[C@H]3[C@H]2F)O[C@H]4n2cc(F)c3c(=O)[nH]cnc32)c(=O)[nH]1. The van der Waals surface area contributed by atoms with Crippen LogP contribution < -0.4 is 16.4 Å². The summed E-state index contributed by atoms with van der Waals surface area (Å²) in [5.41, 5.74) is -4.20. The predicted molar refractivity (Wildman–Crippen MR) is 250 cm³/mol. The number of alkyl halides is 1. The van der Waals surface area contributed by atoms with E-state index in [0.29, 0.717) is 0 Å². The predicted octanol–water partition coefficient (Wildman–Crippen LogP) is 5.60. The number of hydrogen-bond donors (Lipinski definition) is 5. The number of ether oxygens (including phenoxy) is 2. The minimum absolute atomic E-state index is 0.280. The van der Waals surface area contributed by atoms with Gasteiger partial charge in [0.1, 0.15) is 35.9 Å². The second-order valence-corrected chi connectivity index (χ2v) is 30.6. The van der Waals surface area contributed by atoms with Gasteiger partial charge in [0.05, 0.1) is 45.0 Å². The highest BCUT2D eigenvalue weighted by Gasteiger charge is 2.61. The third-order valence-electron chi connectivity index (χ3n) is 12.5. The molecule has 4 aromatic heterocycles. The Morgan fingerprint density at radius 3 is 2.24 bits per heavy atom. The summed E-state index contributed by atoms with van der Waals surface area (Å²) in [5, 5.41) is 11.4. The fraction of sp³-hybridized carbons (Fsp3) is 0.675. The molecular weight excluding hydrogens is 1020 g/mol. The molecule has 392 valence electrons. The minimum Gasteiger partial charge on any atom is -0.414 e. The second-order valence-electron chi connectivity index (χ2n) is 18.9. The number of carbonyl (C=O) groups is 1. The number of carbonyl (C=O) groups excluding carboxylic acids is 1. The van der Waals surface area contributed by atoms with E-state index >= 15 is 13.3 Å². The Bertz CT molecular complexity index is 2840. The van der Waals surface area contributed by atoms with Crippen LogP contribution in [0.3, 0.4) is 0 Å². The number of aromatic amines is 2. The first kappa shape index (κ1) is 54.8. The van der Waals surface area contributed by atoms with Gasteiger partial charge in [-0.2, -0.15) is 10.2 Å². The smallest absolute Gasteiger partial charge is 0.414 e. The van der Waals surface area contributed by atoms with Crippen molar-refractivity contribution in [2.45, 2.75) is 147 Å². The molecular formula is C40H59F2N9O16P2Si2. The van der Waals surface area contributed by atoms with E-state index in [-0.39, 0.29) is 40.3 Å². The van der Waals surface area contributed by atoms with Crippen molar-refractivity contribution in [1.29, 1.82) is 5.26 Å². The largest absolute Gasteiger partial charge is 0.475 e. The van der Waals surface area contributed by atoms with E-state index in [9.17, 15) is 33.9 Å². The molecule has 0 aromatic carbocycles. The van der Waals surface area contributed by atoms with Gasteiger partial charge in [-0.15, -0.1) is 0 Å². The van der Waals surface area contributed by atoms with Gasteiger partial charge in [0, 0.05) is 12.1 Å². The lowest BCUT2D eigenvalue weighted by atomic mass is 10.1. The summed E-state index contributed by atoms with van der Waals surface area (Å²) in [6, 6.07) is 1.86. The lowest BCUT2D eigenvalue weighted by Crippen LogP contribution is -2.62. The maximum absolute atomic E-state index is 17.0. The molecule has 71 heavy (non-hydrogen) atoms. The van der Waals surface area contributed by atoms with Gasteiger partial charge in [0.2, 0.25) is 11.9 Å². The molecule has 31 heteroatoms. The molecule has 10 atom stereocenters. The number of phosphoric ester groups is 2. The number of phosphoric acid groups is 2. The molecule has 3 saturated heterocycles. The highest BCUT2D eigenvalue weighted by molar-refractivity contribution is 7.48. The van der Waals surface area contributed by atoms with Crippen LogP contribution in [0.5, 0.6) is 0 Å². The zero-order chi connectivity index (χ0) is 52.1. The van der Waals surface area contributed by atoms with E-state index in [1.807, 2.05) is 61.5 Å². The average molecular weight is 1080 g/mol. The van der Waals surface area contributed by atoms with E-state index in [4.69, 9.17) is 40.6 Å². The fourth-order valence-electron chi connectivity index (χ4n) is 8.71. The van der Waals surface area contributed by atoms with E-state index < -0.39 is 147 Å². The highest BCUT2D eigenvalue weighted by Crippen LogP contribution is 2.58. The van der Waals surface area contributed by atoms with Crippen molar-refractivity contribution in [2.75, 3.05) is 25.1 Å². The van der Waals surface area contributed by atoms with Crippen LogP contribution in [0.4, 0.5) is 14.7 Å². The first-order chi connectivity index (χ1) is 33.3. The minimum atomic E-state index is -5.46. The van der Waals surface area contributed by atoms with Gasteiger partial charge in [-0.25, -0.2) is 27.9 Å². The summed E-state index contributed by atoms with van der Waals surface area (Å²) in [7, 11) is -18.3. The summed E-state index contributed by atoms with van der Waals surface area (Å²) in [5.74, 6) is -2.39. The van der Waals surface area contributed by atoms with E-state index in [1.54, 1.807) is 13.8 Å². The van der Waals surface area contributed by atoms with Crippen molar-refractivity contribution in [3.8, 4) is 6.07 Å². The first-order valence-electron chi connectivity index (χ1n) is 22.9. The van der Waals surface area contributed by atoms with Crippen molar-refractivity contribution in [1.82, 2.24) is 34.1 Å². The monoisotopic (exact) mass is 1080 g/mol. The average Bonchev–Trinajstić information content (AvgIpc) is 4.03. The van der Waals surface area contributed by atoms with Gasteiger partial charge in [-0.3, -0.25) is 51.9 Å². The fourth-order valence-corrected chi connectivity index (χ4v) is 21.0. The number of aromatic nitrogens is 7. The Morgan fingerprint density at radius 2 is 1.61 bits per heavy atom. The Labute approximate surface area is 407 Å². The van der Waals surface area contributed by atoms with Crippen LogP contribution in [0, 0.1) is 23.1 Å². The highest BCUT2D eigenvalue weighted by atomic mass is 31.2. The lowest BCUT2D eigenvalue weighted by molar-refractivity contribution is -0.118. The number of nitrogens with one attached hydrogen (secondary N) is 3. The molecule has 2 unspecified atom stereocenters. The quantitative estimate of drug-likeness (QED) is 0.0549. The first-order valence-corrected chi connectivity index (χ1v) is 29.9. The summed E-state index contributed by atoms with van der Waals surface area (Å²) < 4.78 is 120. The normalized spacial score (nSPS) is 29.0.